The third-order valence-corrected chi connectivity index (χ3v) is 5.66. The van der Waals surface area contributed by atoms with Crippen molar-refractivity contribution < 1.29 is 4.79 Å². The van der Waals surface area contributed by atoms with Crippen LogP contribution in [-0.2, 0) is 12.8 Å². The van der Waals surface area contributed by atoms with E-state index >= 15 is 0 Å². The van der Waals surface area contributed by atoms with E-state index in [2.05, 4.69) is 31.8 Å². The van der Waals surface area contributed by atoms with Gasteiger partial charge in [0.15, 0.2) is 0 Å². The van der Waals surface area contributed by atoms with Gasteiger partial charge in [0.2, 0.25) is 0 Å². The maximum Gasteiger partial charge on any atom is 0.273 e. The Labute approximate surface area is 148 Å². The van der Waals surface area contributed by atoms with E-state index in [1.165, 1.54) is 16.9 Å². The zero-order valence-corrected chi connectivity index (χ0v) is 14.9. The summed E-state index contributed by atoms with van der Waals surface area (Å²) < 4.78 is 0. The molecule has 24 heavy (non-hydrogen) atoms. The van der Waals surface area contributed by atoms with Crippen molar-refractivity contribution in [2.45, 2.75) is 19.8 Å². The van der Waals surface area contributed by atoms with E-state index in [-0.39, 0.29) is 5.91 Å². The van der Waals surface area contributed by atoms with Crippen LogP contribution in [0.15, 0.2) is 28.5 Å². The summed E-state index contributed by atoms with van der Waals surface area (Å²) in [5.74, 6) is 0.0113. The molecule has 0 saturated heterocycles. The minimum atomic E-state index is 0.0113. The monoisotopic (exact) mass is 356 g/mol. The van der Waals surface area contributed by atoms with E-state index in [4.69, 9.17) is 0 Å². The number of hydrogen-bond acceptors (Lipinski definition) is 6. The number of hydrogen-bond donors (Lipinski definition) is 0. The molecule has 3 aromatic rings. The van der Waals surface area contributed by atoms with E-state index in [1.54, 1.807) is 17.7 Å². The number of amides is 1. The largest absolute Gasteiger partial charge is 0.337 e. The van der Waals surface area contributed by atoms with Gasteiger partial charge < -0.3 is 4.90 Å². The van der Waals surface area contributed by atoms with E-state index in [0.717, 1.165) is 34.8 Å². The standard InChI is InChI=1S/C17H16N4OS2/c1-11-20-15(9-24-11)17(22)21-5-2-13-14(3-6-21)18-10-19-16(13)12-4-7-23-8-12/h4,7-10H,2-3,5-6H2,1H3. The molecule has 7 heteroatoms. The van der Waals surface area contributed by atoms with Crippen LogP contribution < -0.4 is 0 Å². The van der Waals surface area contributed by atoms with Gasteiger partial charge in [-0.3, -0.25) is 4.79 Å². The fraction of sp³-hybridized carbons (Fsp3) is 0.294. The van der Waals surface area contributed by atoms with Crippen LogP contribution in [0.2, 0.25) is 0 Å². The summed E-state index contributed by atoms with van der Waals surface area (Å²) in [5, 5.41) is 6.92. The van der Waals surface area contributed by atoms with E-state index in [0.29, 0.717) is 18.8 Å². The lowest BCUT2D eigenvalue weighted by molar-refractivity contribution is 0.0757. The molecule has 4 heterocycles. The maximum atomic E-state index is 12.7. The Morgan fingerprint density at radius 1 is 1.21 bits per heavy atom. The molecular weight excluding hydrogens is 340 g/mol. The van der Waals surface area contributed by atoms with Crippen LogP contribution in [0.3, 0.4) is 0 Å². The first-order chi connectivity index (χ1) is 11.7. The van der Waals surface area contributed by atoms with Crippen molar-refractivity contribution in [1.29, 1.82) is 0 Å². The fourth-order valence-corrected chi connectivity index (χ4v) is 4.23. The predicted molar refractivity (Wildman–Crippen MR) is 95.5 cm³/mol. The second kappa shape index (κ2) is 6.41. The normalized spacial score (nSPS) is 14.3. The zero-order chi connectivity index (χ0) is 16.5. The number of thiophene rings is 1. The molecule has 0 aromatic carbocycles. The number of carbonyl (C=O) groups excluding carboxylic acids is 1. The predicted octanol–water partition coefficient (Wildman–Crippen LogP) is 3.21. The molecule has 4 rings (SSSR count). The number of carbonyl (C=O) groups is 1. The molecule has 0 atom stereocenters. The first-order valence-corrected chi connectivity index (χ1v) is 9.61. The Morgan fingerprint density at radius 3 is 2.83 bits per heavy atom. The minimum absolute atomic E-state index is 0.0113. The molecule has 0 unspecified atom stereocenters. The average Bonchev–Trinajstić information content (AvgIpc) is 3.22. The highest BCUT2D eigenvalue weighted by Crippen LogP contribution is 2.27. The van der Waals surface area contributed by atoms with Gasteiger partial charge in [0.1, 0.15) is 12.0 Å². The van der Waals surface area contributed by atoms with Crippen molar-refractivity contribution >= 4 is 28.6 Å². The van der Waals surface area contributed by atoms with Gasteiger partial charge in [-0.15, -0.1) is 11.3 Å². The van der Waals surface area contributed by atoms with Crippen LogP contribution in [0.25, 0.3) is 11.3 Å². The highest BCUT2D eigenvalue weighted by atomic mass is 32.1. The van der Waals surface area contributed by atoms with E-state index < -0.39 is 0 Å². The van der Waals surface area contributed by atoms with Crippen molar-refractivity contribution in [3.63, 3.8) is 0 Å². The van der Waals surface area contributed by atoms with Gasteiger partial charge in [-0.1, -0.05) is 0 Å². The smallest absolute Gasteiger partial charge is 0.273 e. The maximum absolute atomic E-state index is 12.7. The molecule has 3 aromatic heterocycles. The lowest BCUT2D eigenvalue weighted by atomic mass is 10.0. The summed E-state index contributed by atoms with van der Waals surface area (Å²) in [6, 6.07) is 2.08. The molecule has 0 spiro atoms. The van der Waals surface area contributed by atoms with E-state index in [9.17, 15) is 4.79 Å². The Bertz CT molecular complexity index is 873. The van der Waals surface area contributed by atoms with Crippen LogP contribution in [-0.4, -0.2) is 38.8 Å². The Morgan fingerprint density at radius 2 is 2.08 bits per heavy atom. The highest BCUT2D eigenvalue weighted by molar-refractivity contribution is 7.09. The average molecular weight is 356 g/mol. The number of fused-ring (bicyclic) bond motifs is 1. The topological polar surface area (TPSA) is 59.0 Å². The third-order valence-electron chi connectivity index (χ3n) is 4.20. The summed E-state index contributed by atoms with van der Waals surface area (Å²) in [4.78, 5) is 27.8. The van der Waals surface area contributed by atoms with Crippen LogP contribution in [0, 0.1) is 6.92 Å². The Hall–Kier alpha value is -2.12. The Balaban J connectivity index is 1.60. The number of thiazole rings is 1. The van der Waals surface area contributed by atoms with Gasteiger partial charge in [0, 0.05) is 47.1 Å². The van der Waals surface area contributed by atoms with Crippen LogP contribution >= 0.6 is 22.7 Å². The van der Waals surface area contributed by atoms with Crippen molar-refractivity contribution in [2.24, 2.45) is 0 Å². The molecule has 0 saturated carbocycles. The quantitative estimate of drug-likeness (QED) is 0.707. The second-order valence-electron chi connectivity index (χ2n) is 5.70. The van der Waals surface area contributed by atoms with Crippen LogP contribution in [0.5, 0.6) is 0 Å². The lowest BCUT2D eigenvalue weighted by Gasteiger charge is -2.18. The van der Waals surface area contributed by atoms with Crippen molar-refractivity contribution in [2.75, 3.05) is 13.1 Å². The van der Waals surface area contributed by atoms with Gasteiger partial charge in [0.25, 0.3) is 5.91 Å². The molecule has 1 aliphatic heterocycles. The van der Waals surface area contributed by atoms with Crippen LogP contribution in [0.1, 0.15) is 26.8 Å². The molecule has 0 bridgehead atoms. The number of rotatable bonds is 2. The highest BCUT2D eigenvalue weighted by Gasteiger charge is 2.24. The number of aromatic nitrogens is 3. The minimum Gasteiger partial charge on any atom is -0.337 e. The summed E-state index contributed by atoms with van der Waals surface area (Å²) in [5.41, 5.74) is 4.90. The van der Waals surface area contributed by atoms with Crippen molar-refractivity contribution in [3.8, 4) is 11.3 Å². The van der Waals surface area contributed by atoms with Gasteiger partial charge in [-0.05, 0) is 24.8 Å². The summed E-state index contributed by atoms with van der Waals surface area (Å²) >= 11 is 3.17. The Kier molecular flexibility index (Phi) is 4.12. The molecule has 1 amide bonds. The molecule has 1 aliphatic rings. The number of nitrogens with zero attached hydrogens (tertiary/aromatic N) is 4. The molecular formula is C17H16N4OS2. The van der Waals surface area contributed by atoms with E-state index in [1.807, 2.05) is 17.2 Å². The fourth-order valence-electron chi connectivity index (χ4n) is 3.00. The third kappa shape index (κ3) is 2.85. The molecule has 0 N–H and O–H groups in total. The molecule has 0 radical (unpaired) electrons. The first kappa shape index (κ1) is 15.4. The SMILES string of the molecule is Cc1nc(C(=O)N2CCc3ncnc(-c4ccsc4)c3CC2)cs1. The van der Waals surface area contributed by atoms with Crippen molar-refractivity contribution in [3.05, 3.63) is 50.5 Å². The van der Waals surface area contributed by atoms with Gasteiger partial charge >= 0.3 is 0 Å². The van der Waals surface area contributed by atoms with Crippen molar-refractivity contribution in [1.82, 2.24) is 19.9 Å². The molecule has 0 fully saturated rings. The van der Waals surface area contributed by atoms with Gasteiger partial charge in [-0.2, -0.15) is 11.3 Å². The first-order valence-electron chi connectivity index (χ1n) is 7.79. The van der Waals surface area contributed by atoms with Gasteiger partial charge in [0.05, 0.1) is 10.7 Å². The lowest BCUT2D eigenvalue weighted by Crippen LogP contribution is -2.33. The summed E-state index contributed by atoms with van der Waals surface area (Å²) in [7, 11) is 0. The zero-order valence-electron chi connectivity index (χ0n) is 13.2. The summed E-state index contributed by atoms with van der Waals surface area (Å²) in [6.07, 6.45) is 3.16. The van der Waals surface area contributed by atoms with Gasteiger partial charge in [-0.25, -0.2) is 15.0 Å². The summed E-state index contributed by atoms with van der Waals surface area (Å²) in [6.45, 7) is 3.26. The second-order valence-corrected chi connectivity index (χ2v) is 7.55. The molecule has 0 aliphatic carbocycles. The molecule has 5 nitrogen and oxygen atoms in total. The number of aryl methyl sites for hydroxylation is 1. The van der Waals surface area contributed by atoms with Crippen LogP contribution in [0.4, 0.5) is 0 Å². The molecule has 122 valence electrons.